The van der Waals surface area contributed by atoms with Crippen LogP contribution in [0.2, 0.25) is 0 Å². The lowest BCUT2D eigenvalue weighted by Crippen LogP contribution is -2.14. The molecule has 0 saturated carbocycles. The quantitative estimate of drug-likeness (QED) is 0.587. The maximum absolute atomic E-state index is 12.9. The molecule has 2 N–H and O–H groups in total. The Hall–Kier alpha value is -2.62. The highest BCUT2D eigenvalue weighted by atomic mass is 79.9. The lowest BCUT2D eigenvalue weighted by Gasteiger charge is -2.11. The molecule has 0 aliphatic heterocycles. The molecule has 0 fully saturated rings. The van der Waals surface area contributed by atoms with E-state index in [2.05, 4.69) is 21.2 Å². The molecule has 126 valence electrons. The first-order valence-electron chi connectivity index (χ1n) is 6.25. The molecule has 0 aliphatic carbocycles. The normalized spacial score (nSPS) is 11.2. The molecule has 2 aromatic rings. The number of halogens is 4. The summed E-state index contributed by atoms with van der Waals surface area (Å²) in [6.45, 7) is 0. The number of hydrogen-bond donors (Lipinski definition) is 2. The van der Waals surface area contributed by atoms with Gasteiger partial charge < -0.3 is 10.4 Å². The van der Waals surface area contributed by atoms with Crippen LogP contribution < -0.4 is 5.32 Å². The van der Waals surface area contributed by atoms with Crippen LogP contribution >= 0.6 is 15.9 Å². The number of aromatic hydroxyl groups is 1. The summed E-state index contributed by atoms with van der Waals surface area (Å²) < 4.78 is 39.0. The number of carbonyl (C=O) groups excluding carboxylic acids is 1. The number of nitro benzene ring substituents is 1. The van der Waals surface area contributed by atoms with Crippen molar-refractivity contribution in [3.05, 3.63) is 62.1 Å². The first kappa shape index (κ1) is 17.7. The monoisotopic (exact) mass is 404 g/mol. The predicted molar refractivity (Wildman–Crippen MR) is 81.9 cm³/mol. The van der Waals surface area contributed by atoms with Gasteiger partial charge in [0.25, 0.3) is 11.6 Å². The minimum atomic E-state index is -4.95. The summed E-state index contributed by atoms with van der Waals surface area (Å²) in [6, 6.07) is 5.95. The van der Waals surface area contributed by atoms with Gasteiger partial charge in [0.05, 0.1) is 10.5 Å². The Labute approximate surface area is 141 Å². The molecule has 2 rings (SSSR count). The number of amides is 1. The van der Waals surface area contributed by atoms with Crippen LogP contribution in [0.1, 0.15) is 15.9 Å². The smallest absolute Gasteiger partial charge is 0.423 e. The van der Waals surface area contributed by atoms with Crippen LogP contribution in [0.4, 0.5) is 24.5 Å². The van der Waals surface area contributed by atoms with Gasteiger partial charge in [0.2, 0.25) is 0 Å². The maximum Gasteiger partial charge on any atom is 0.423 e. The number of benzene rings is 2. The molecule has 0 aliphatic rings. The first-order valence-corrected chi connectivity index (χ1v) is 7.04. The van der Waals surface area contributed by atoms with Gasteiger partial charge in [0.1, 0.15) is 11.3 Å². The molecule has 0 atom stereocenters. The summed E-state index contributed by atoms with van der Waals surface area (Å²) in [4.78, 5) is 21.6. The fourth-order valence-corrected chi connectivity index (χ4v) is 2.31. The van der Waals surface area contributed by atoms with E-state index in [-0.39, 0.29) is 17.0 Å². The molecule has 6 nitrogen and oxygen atoms in total. The van der Waals surface area contributed by atoms with E-state index in [1.807, 2.05) is 0 Å². The van der Waals surface area contributed by atoms with Crippen LogP contribution in [0.25, 0.3) is 0 Å². The van der Waals surface area contributed by atoms with Crippen LogP contribution in [0.3, 0.4) is 0 Å². The molecule has 0 spiro atoms. The maximum atomic E-state index is 12.9. The first-order chi connectivity index (χ1) is 11.1. The molecular weight excluding hydrogens is 397 g/mol. The molecule has 0 saturated heterocycles. The number of phenolic OH excluding ortho intramolecular Hbond substituents is 1. The van der Waals surface area contributed by atoms with Crippen LogP contribution in [0.5, 0.6) is 5.75 Å². The highest BCUT2D eigenvalue weighted by molar-refractivity contribution is 9.10. The standard InChI is InChI=1S/C14H8BrF3N2O4/c15-11-3-2-8(21)6-9(11)13(22)19-7-1-4-12(20(23)24)10(5-7)14(16,17)18/h1-6,21H,(H,19,22). The van der Waals surface area contributed by atoms with Crippen LogP contribution in [0.15, 0.2) is 40.9 Å². The molecule has 10 heteroatoms. The van der Waals surface area contributed by atoms with Crippen LogP contribution in [-0.4, -0.2) is 15.9 Å². The molecule has 1 amide bonds. The summed E-state index contributed by atoms with van der Waals surface area (Å²) in [5, 5.41) is 22.3. The molecule has 0 unspecified atom stereocenters. The predicted octanol–water partition coefficient (Wildman–Crippen LogP) is 4.33. The lowest BCUT2D eigenvalue weighted by molar-refractivity contribution is -0.388. The zero-order chi connectivity index (χ0) is 18.1. The number of phenols is 1. The molecule has 0 radical (unpaired) electrons. The highest BCUT2D eigenvalue weighted by Crippen LogP contribution is 2.37. The summed E-state index contributed by atoms with van der Waals surface area (Å²) >= 11 is 3.08. The number of hydrogen-bond acceptors (Lipinski definition) is 4. The van der Waals surface area contributed by atoms with Crippen molar-refractivity contribution in [3.63, 3.8) is 0 Å². The van der Waals surface area contributed by atoms with Crippen molar-refractivity contribution in [2.24, 2.45) is 0 Å². The van der Waals surface area contributed by atoms with Gasteiger partial charge in [-0.15, -0.1) is 0 Å². The molecule has 2 aromatic carbocycles. The molecular formula is C14H8BrF3N2O4. The second-order valence-corrected chi connectivity index (χ2v) is 5.46. The summed E-state index contributed by atoms with van der Waals surface area (Å²) in [5.41, 5.74) is -2.87. The third-order valence-corrected chi connectivity index (χ3v) is 3.64. The van der Waals surface area contributed by atoms with Crippen molar-refractivity contribution in [3.8, 4) is 5.75 Å². The Morgan fingerprint density at radius 1 is 1.21 bits per heavy atom. The van der Waals surface area contributed by atoms with E-state index in [4.69, 9.17) is 0 Å². The second-order valence-electron chi connectivity index (χ2n) is 4.61. The number of nitrogens with zero attached hydrogens (tertiary/aromatic N) is 1. The van der Waals surface area contributed by atoms with E-state index in [1.165, 1.54) is 12.1 Å². The Bertz CT molecular complexity index is 824. The third kappa shape index (κ3) is 3.82. The van der Waals surface area contributed by atoms with Gasteiger partial charge in [-0.2, -0.15) is 13.2 Å². The van der Waals surface area contributed by atoms with Crippen LogP contribution in [-0.2, 0) is 6.18 Å². The van der Waals surface area contributed by atoms with Crippen molar-refractivity contribution < 1.29 is 28.0 Å². The van der Waals surface area contributed by atoms with Crippen molar-refractivity contribution >= 4 is 33.2 Å². The molecule has 0 bridgehead atoms. The van der Waals surface area contributed by atoms with E-state index in [1.54, 1.807) is 0 Å². The van der Waals surface area contributed by atoms with Gasteiger partial charge in [0, 0.05) is 16.2 Å². The number of alkyl halides is 3. The van der Waals surface area contributed by atoms with Crippen molar-refractivity contribution in [1.29, 1.82) is 0 Å². The number of rotatable bonds is 3. The van der Waals surface area contributed by atoms with Gasteiger partial charge in [-0.05, 0) is 46.3 Å². The van der Waals surface area contributed by atoms with Crippen LogP contribution in [0, 0.1) is 10.1 Å². The lowest BCUT2D eigenvalue weighted by atomic mass is 10.1. The Morgan fingerprint density at radius 3 is 2.46 bits per heavy atom. The zero-order valence-corrected chi connectivity index (χ0v) is 13.2. The van der Waals surface area contributed by atoms with E-state index in [0.29, 0.717) is 16.6 Å². The molecule has 0 aromatic heterocycles. The molecule has 0 heterocycles. The Kier molecular flexibility index (Phi) is 4.78. The highest BCUT2D eigenvalue weighted by Gasteiger charge is 2.38. The van der Waals surface area contributed by atoms with E-state index in [0.717, 1.165) is 12.1 Å². The number of anilines is 1. The largest absolute Gasteiger partial charge is 0.508 e. The second kappa shape index (κ2) is 6.48. The third-order valence-electron chi connectivity index (χ3n) is 2.95. The fourth-order valence-electron chi connectivity index (χ4n) is 1.89. The van der Waals surface area contributed by atoms with Gasteiger partial charge in [-0.3, -0.25) is 14.9 Å². The number of nitrogens with one attached hydrogen (secondary N) is 1. The fraction of sp³-hybridized carbons (Fsp3) is 0.0714. The van der Waals surface area contributed by atoms with E-state index < -0.39 is 28.3 Å². The van der Waals surface area contributed by atoms with Gasteiger partial charge in [-0.25, -0.2) is 0 Å². The topological polar surface area (TPSA) is 92.5 Å². The van der Waals surface area contributed by atoms with Crippen molar-refractivity contribution in [2.75, 3.05) is 5.32 Å². The van der Waals surface area contributed by atoms with E-state index in [9.17, 15) is 33.2 Å². The Balaban J connectivity index is 2.38. The zero-order valence-electron chi connectivity index (χ0n) is 11.6. The average molecular weight is 405 g/mol. The van der Waals surface area contributed by atoms with Gasteiger partial charge in [0.15, 0.2) is 0 Å². The van der Waals surface area contributed by atoms with Gasteiger partial charge >= 0.3 is 6.18 Å². The SMILES string of the molecule is O=C(Nc1ccc([N+](=O)[O-])c(C(F)(F)F)c1)c1cc(O)ccc1Br. The van der Waals surface area contributed by atoms with Crippen molar-refractivity contribution in [2.45, 2.75) is 6.18 Å². The summed E-state index contributed by atoms with van der Waals surface area (Å²) in [7, 11) is 0. The Morgan fingerprint density at radius 2 is 1.88 bits per heavy atom. The van der Waals surface area contributed by atoms with Gasteiger partial charge in [-0.1, -0.05) is 0 Å². The minimum Gasteiger partial charge on any atom is -0.508 e. The molecule has 24 heavy (non-hydrogen) atoms. The van der Waals surface area contributed by atoms with Crippen molar-refractivity contribution in [1.82, 2.24) is 0 Å². The van der Waals surface area contributed by atoms with E-state index >= 15 is 0 Å². The summed E-state index contributed by atoms with van der Waals surface area (Å²) in [6.07, 6.45) is -4.95. The number of carbonyl (C=O) groups is 1. The summed E-state index contributed by atoms with van der Waals surface area (Å²) in [5.74, 6) is -0.997. The number of nitro groups is 1. The average Bonchev–Trinajstić information content (AvgIpc) is 2.48. The minimum absolute atomic E-state index is 0.0121.